The highest BCUT2D eigenvalue weighted by Crippen LogP contribution is 2.21. The molecule has 2 rings (SSSR count). The Morgan fingerprint density at radius 3 is 2.21 bits per heavy atom. The molecule has 1 N–H and O–H groups in total. The van der Waals surface area contributed by atoms with E-state index in [0.29, 0.717) is 36.6 Å². The predicted octanol–water partition coefficient (Wildman–Crippen LogP) is 3.48. The lowest BCUT2D eigenvalue weighted by atomic mass is 10.1. The van der Waals surface area contributed by atoms with Crippen LogP contribution in [-0.2, 0) is 26.0 Å². The number of carbonyl (C=O) groups excluding carboxylic acids is 2. The molecule has 0 saturated carbocycles. The molecule has 2 aromatic rings. The van der Waals surface area contributed by atoms with Gasteiger partial charge in [-0.2, -0.15) is 0 Å². The number of nitrogens with zero attached hydrogens (tertiary/aromatic N) is 2. The van der Waals surface area contributed by atoms with E-state index >= 15 is 0 Å². The zero-order valence-electron chi connectivity index (χ0n) is 19.3. The molecule has 33 heavy (non-hydrogen) atoms. The smallest absolute Gasteiger partial charge is 0.244 e. The molecule has 0 bridgehead atoms. The summed E-state index contributed by atoms with van der Waals surface area (Å²) >= 11 is 5.94. The molecule has 0 aliphatic rings. The Hall–Kier alpha value is -2.58. The first-order valence-corrected chi connectivity index (χ1v) is 13.2. The summed E-state index contributed by atoms with van der Waals surface area (Å²) in [7, 11) is -3.75. The van der Waals surface area contributed by atoms with Gasteiger partial charge in [0.25, 0.3) is 0 Å². The molecule has 0 radical (unpaired) electrons. The molecule has 1 unspecified atom stereocenters. The van der Waals surface area contributed by atoms with Crippen LogP contribution < -0.4 is 9.62 Å². The topological polar surface area (TPSA) is 86.8 Å². The van der Waals surface area contributed by atoms with Gasteiger partial charge in [-0.1, -0.05) is 55.8 Å². The van der Waals surface area contributed by atoms with Crippen molar-refractivity contribution in [2.24, 2.45) is 0 Å². The highest BCUT2D eigenvalue weighted by Gasteiger charge is 2.31. The maximum absolute atomic E-state index is 13.5. The predicted molar refractivity (Wildman–Crippen MR) is 133 cm³/mol. The average Bonchev–Trinajstić information content (AvgIpc) is 2.79. The summed E-state index contributed by atoms with van der Waals surface area (Å²) in [6.07, 6.45) is 2.78. The van der Waals surface area contributed by atoms with Gasteiger partial charge in [-0.15, -0.1) is 0 Å². The van der Waals surface area contributed by atoms with Crippen LogP contribution in [0.15, 0.2) is 54.6 Å². The van der Waals surface area contributed by atoms with E-state index < -0.39 is 28.5 Å². The fourth-order valence-corrected chi connectivity index (χ4v) is 4.46. The largest absolute Gasteiger partial charge is 0.354 e. The maximum Gasteiger partial charge on any atom is 0.244 e. The number of nitrogens with one attached hydrogen (secondary N) is 1. The lowest BCUT2D eigenvalue weighted by Gasteiger charge is -2.32. The van der Waals surface area contributed by atoms with Crippen molar-refractivity contribution >= 4 is 39.1 Å². The van der Waals surface area contributed by atoms with Crippen molar-refractivity contribution in [2.75, 3.05) is 30.2 Å². The van der Waals surface area contributed by atoms with E-state index in [-0.39, 0.29) is 5.91 Å². The molecule has 9 heteroatoms. The summed E-state index contributed by atoms with van der Waals surface area (Å²) in [5, 5.41) is 3.32. The molecular weight excluding hydrogens is 462 g/mol. The standard InChI is InChI=1S/C24H32ClN3O4S/c1-4-16-26-24(30)22(5-2)27(17-15-19-9-7-6-8-10-19)23(29)18-28(33(3,31)32)21-13-11-20(25)12-14-21/h6-14,22H,4-5,15-18H2,1-3H3,(H,26,30). The van der Waals surface area contributed by atoms with Crippen LogP contribution in [0.2, 0.25) is 5.02 Å². The molecule has 2 amide bonds. The third-order valence-electron chi connectivity index (χ3n) is 5.21. The zero-order chi connectivity index (χ0) is 24.4. The fourth-order valence-electron chi connectivity index (χ4n) is 3.48. The highest BCUT2D eigenvalue weighted by atomic mass is 35.5. The van der Waals surface area contributed by atoms with Crippen LogP contribution >= 0.6 is 11.6 Å². The Balaban J connectivity index is 2.32. The zero-order valence-corrected chi connectivity index (χ0v) is 20.9. The molecular formula is C24H32ClN3O4S. The van der Waals surface area contributed by atoms with Gasteiger partial charge in [0, 0.05) is 18.1 Å². The summed E-state index contributed by atoms with van der Waals surface area (Å²) in [5.41, 5.74) is 1.36. The number of sulfonamides is 1. The van der Waals surface area contributed by atoms with E-state index in [4.69, 9.17) is 11.6 Å². The maximum atomic E-state index is 13.5. The number of carbonyl (C=O) groups is 2. The van der Waals surface area contributed by atoms with Gasteiger partial charge < -0.3 is 10.2 Å². The summed E-state index contributed by atoms with van der Waals surface area (Å²) in [4.78, 5) is 27.8. The van der Waals surface area contributed by atoms with Crippen LogP contribution in [0.25, 0.3) is 0 Å². The van der Waals surface area contributed by atoms with Crippen molar-refractivity contribution in [1.82, 2.24) is 10.2 Å². The number of anilines is 1. The Kier molecular flexibility index (Phi) is 10.2. The van der Waals surface area contributed by atoms with Gasteiger partial charge in [0.1, 0.15) is 12.6 Å². The van der Waals surface area contributed by atoms with Crippen molar-refractivity contribution < 1.29 is 18.0 Å². The monoisotopic (exact) mass is 493 g/mol. The first kappa shape index (κ1) is 26.7. The summed E-state index contributed by atoms with van der Waals surface area (Å²) in [6, 6.07) is 15.2. The number of rotatable bonds is 12. The van der Waals surface area contributed by atoms with Gasteiger partial charge in [-0.25, -0.2) is 8.42 Å². The molecule has 0 aliphatic heterocycles. The van der Waals surface area contributed by atoms with Crippen LogP contribution in [0.5, 0.6) is 0 Å². The van der Waals surface area contributed by atoms with E-state index in [1.165, 1.54) is 4.90 Å². The van der Waals surface area contributed by atoms with Gasteiger partial charge in [-0.05, 0) is 49.1 Å². The lowest BCUT2D eigenvalue weighted by Crippen LogP contribution is -2.53. The Morgan fingerprint density at radius 1 is 1.03 bits per heavy atom. The summed E-state index contributed by atoms with van der Waals surface area (Å²) in [6.45, 7) is 4.18. The molecule has 0 aliphatic carbocycles. The van der Waals surface area contributed by atoms with Crippen LogP contribution in [0.3, 0.4) is 0 Å². The molecule has 0 saturated heterocycles. The van der Waals surface area contributed by atoms with Gasteiger partial charge in [0.2, 0.25) is 21.8 Å². The second-order valence-electron chi connectivity index (χ2n) is 7.78. The van der Waals surface area contributed by atoms with Gasteiger partial charge in [0.05, 0.1) is 11.9 Å². The third-order valence-corrected chi connectivity index (χ3v) is 6.61. The van der Waals surface area contributed by atoms with Crippen molar-refractivity contribution in [3.05, 3.63) is 65.2 Å². The molecule has 180 valence electrons. The quantitative estimate of drug-likeness (QED) is 0.490. The minimum atomic E-state index is -3.75. The Bertz CT molecular complexity index is 1010. The minimum absolute atomic E-state index is 0.238. The average molecular weight is 494 g/mol. The van der Waals surface area contributed by atoms with Crippen LogP contribution in [-0.4, -0.2) is 57.1 Å². The van der Waals surface area contributed by atoms with E-state index in [1.807, 2.05) is 44.2 Å². The number of hydrogen-bond donors (Lipinski definition) is 1. The molecule has 2 aromatic carbocycles. The Labute approximate surface area is 201 Å². The van der Waals surface area contributed by atoms with Crippen molar-refractivity contribution in [1.29, 1.82) is 0 Å². The van der Waals surface area contributed by atoms with E-state index in [2.05, 4.69) is 5.32 Å². The number of halogens is 1. The fraction of sp³-hybridized carbons (Fsp3) is 0.417. The minimum Gasteiger partial charge on any atom is -0.354 e. The molecule has 7 nitrogen and oxygen atoms in total. The highest BCUT2D eigenvalue weighted by molar-refractivity contribution is 7.92. The SMILES string of the molecule is CCCNC(=O)C(CC)N(CCc1ccccc1)C(=O)CN(c1ccc(Cl)cc1)S(C)(=O)=O. The summed E-state index contributed by atoms with van der Waals surface area (Å²) < 4.78 is 26.1. The second kappa shape index (κ2) is 12.6. The van der Waals surface area contributed by atoms with Crippen molar-refractivity contribution in [3.63, 3.8) is 0 Å². The molecule has 0 aromatic heterocycles. The van der Waals surface area contributed by atoms with Crippen LogP contribution in [0, 0.1) is 0 Å². The van der Waals surface area contributed by atoms with Crippen molar-refractivity contribution in [3.8, 4) is 0 Å². The molecule has 1 atom stereocenters. The molecule has 0 heterocycles. The Morgan fingerprint density at radius 2 is 1.67 bits per heavy atom. The number of hydrogen-bond acceptors (Lipinski definition) is 4. The third kappa shape index (κ3) is 8.05. The first-order valence-electron chi connectivity index (χ1n) is 11.0. The van der Waals surface area contributed by atoms with E-state index in [1.54, 1.807) is 24.3 Å². The van der Waals surface area contributed by atoms with Crippen molar-refractivity contribution in [2.45, 2.75) is 39.2 Å². The second-order valence-corrected chi connectivity index (χ2v) is 10.1. The first-order chi connectivity index (χ1) is 15.7. The summed E-state index contributed by atoms with van der Waals surface area (Å²) in [5.74, 6) is -0.678. The van der Waals surface area contributed by atoms with Crippen LogP contribution in [0.1, 0.15) is 32.3 Å². The number of benzene rings is 2. The van der Waals surface area contributed by atoms with Gasteiger partial charge >= 0.3 is 0 Å². The van der Waals surface area contributed by atoms with E-state index in [9.17, 15) is 18.0 Å². The number of amides is 2. The lowest BCUT2D eigenvalue weighted by molar-refractivity contribution is -0.139. The molecule has 0 spiro atoms. The van der Waals surface area contributed by atoms with E-state index in [0.717, 1.165) is 22.5 Å². The normalized spacial score (nSPS) is 12.1. The van der Waals surface area contributed by atoms with Gasteiger partial charge in [0.15, 0.2) is 0 Å². The van der Waals surface area contributed by atoms with Crippen LogP contribution in [0.4, 0.5) is 5.69 Å². The van der Waals surface area contributed by atoms with Gasteiger partial charge in [-0.3, -0.25) is 13.9 Å². The molecule has 0 fully saturated rings.